The molecule has 0 bridgehead atoms. The molecule has 1 amide bonds. The first-order valence-corrected chi connectivity index (χ1v) is 10.5. The number of rotatable bonds is 6. The number of methoxy groups -OCH3 is 1. The number of benzene rings is 2. The predicted molar refractivity (Wildman–Crippen MR) is 108 cm³/mol. The van der Waals surface area contributed by atoms with E-state index in [4.69, 9.17) is 9.47 Å². The molecule has 0 aliphatic carbocycles. The summed E-state index contributed by atoms with van der Waals surface area (Å²) < 4.78 is 37.8. The highest BCUT2D eigenvalue weighted by Gasteiger charge is 2.30. The van der Waals surface area contributed by atoms with Gasteiger partial charge in [-0.1, -0.05) is 6.07 Å². The van der Waals surface area contributed by atoms with Gasteiger partial charge in [-0.25, -0.2) is 8.42 Å². The summed E-state index contributed by atoms with van der Waals surface area (Å²) in [7, 11) is -2.55. The lowest BCUT2D eigenvalue weighted by atomic mass is 10.1. The van der Waals surface area contributed by atoms with Gasteiger partial charge in [-0.15, -0.1) is 0 Å². The van der Waals surface area contributed by atoms with Gasteiger partial charge in [-0.3, -0.25) is 14.9 Å². The van der Waals surface area contributed by atoms with Crippen molar-refractivity contribution in [3.63, 3.8) is 0 Å². The average Bonchev–Trinajstić information content (AvgIpc) is 2.75. The van der Waals surface area contributed by atoms with Crippen LogP contribution in [0.3, 0.4) is 0 Å². The van der Waals surface area contributed by atoms with Crippen molar-refractivity contribution >= 4 is 27.3 Å². The third-order valence-electron chi connectivity index (χ3n) is 4.69. The lowest BCUT2D eigenvalue weighted by molar-refractivity contribution is -0.384. The predicted octanol–water partition coefficient (Wildman–Crippen LogP) is 2.19. The van der Waals surface area contributed by atoms with Gasteiger partial charge in [0.15, 0.2) is 0 Å². The molecule has 1 aliphatic heterocycles. The summed E-state index contributed by atoms with van der Waals surface area (Å²) in [6.07, 6.45) is 0. The van der Waals surface area contributed by atoms with Crippen LogP contribution in [-0.2, 0) is 14.8 Å². The Morgan fingerprint density at radius 1 is 1.20 bits per heavy atom. The summed E-state index contributed by atoms with van der Waals surface area (Å²) in [4.78, 5) is 23.1. The molecule has 160 valence electrons. The Hall–Kier alpha value is -3.02. The zero-order valence-electron chi connectivity index (χ0n) is 16.5. The fraction of sp³-hybridized carbons (Fsp3) is 0.316. The van der Waals surface area contributed by atoms with Gasteiger partial charge in [0.05, 0.1) is 30.9 Å². The van der Waals surface area contributed by atoms with Crippen molar-refractivity contribution in [1.29, 1.82) is 0 Å². The van der Waals surface area contributed by atoms with Crippen LogP contribution < -0.4 is 10.1 Å². The molecule has 0 unspecified atom stereocenters. The van der Waals surface area contributed by atoms with Gasteiger partial charge in [-0.05, 0) is 30.7 Å². The number of ether oxygens (including phenoxy) is 2. The molecule has 1 saturated heterocycles. The molecule has 0 atom stereocenters. The van der Waals surface area contributed by atoms with Crippen LogP contribution in [-0.4, -0.2) is 57.0 Å². The summed E-state index contributed by atoms with van der Waals surface area (Å²) in [6.45, 7) is 2.67. The van der Waals surface area contributed by atoms with E-state index in [-0.39, 0.29) is 53.9 Å². The zero-order chi connectivity index (χ0) is 21.9. The van der Waals surface area contributed by atoms with Crippen molar-refractivity contribution in [3.8, 4) is 5.75 Å². The van der Waals surface area contributed by atoms with E-state index in [0.717, 1.165) is 0 Å². The van der Waals surface area contributed by atoms with Gasteiger partial charge in [0.1, 0.15) is 10.6 Å². The molecule has 11 heteroatoms. The minimum Gasteiger partial charge on any atom is -0.495 e. The van der Waals surface area contributed by atoms with E-state index >= 15 is 0 Å². The highest BCUT2D eigenvalue weighted by Crippen LogP contribution is 2.29. The number of carbonyl (C=O) groups excluding carboxylic acids is 1. The Morgan fingerprint density at radius 3 is 2.53 bits per heavy atom. The number of morpholine rings is 1. The fourth-order valence-corrected chi connectivity index (χ4v) is 4.59. The molecule has 30 heavy (non-hydrogen) atoms. The van der Waals surface area contributed by atoms with E-state index in [1.54, 1.807) is 6.92 Å². The second kappa shape index (κ2) is 8.78. The topological polar surface area (TPSA) is 128 Å². The number of nitro benzene ring substituents is 1. The normalized spacial score (nSPS) is 14.9. The number of hydrogen-bond donors (Lipinski definition) is 1. The molecule has 0 spiro atoms. The Bertz CT molecular complexity index is 1080. The third kappa shape index (κ3) is 4.42. The summed E-state index contributed by atoms with van der Waals surface area (Å²) >= 11 is 0. The van der Waals surface area contributed by atoms with E-state index in [1.165, 1.54) is 47.8 Å². The molecular formula is C19H21N3O7S. The number of nitrogens with zero attached hydrogens (tertiary/aromatic N) is 2. The summed E-state index contributed by atoms with van der Waals surface area (Å²) in [5.41, 5.74) is 0.806. The van der Waals surface area contributed by atoms with E-state index in [0.29, 0.717) is 5.56 Å². The van der Waals surface area contributed by atoms with Crippen LogP contribution in [0.25, 0.3) is 0 Å². The zero-order valence-corrected chi connectivity index (χ0v) is 17.3. The van der Waals surface area contributed by atoms with Crippen molar-refractivity contribution in [2.75, 3.05) is 38.7 Å². The third-order valence-corrected chi connectivity index (χ3v) is 6.61. The van der Waals surface area contributed by atoms with Gasteiger partial charge < -0.3 is 14.8 Å². The summed E-state index contributed by atoms with van der Waals surface area (Å²) in [5, 5.41) is 13.6. The molecule has 3 rings (SSSR count). The van der Waals surface area contributed by atoms with Gasteiger partial charge in [0.2, 0.25) is 10.0 Å². The smallest absolute Gasteiger partial charge is 0.271 e. The number of amides is 1. The molecule has 1 N–H and O–H groups in total. The van der Waals surface area contributed by atoms with E-state index in [9.17, 15) is 23.3 Å². The van der Waals surface area contributed by atoms with Crippen LogP contribution >= 0.6 is 0 Å². The first-order chi connectivity index (χ1) is 14.2. The maximum absolute atomic E-state index is 13.1. The van der Waals surface area contributed by atoms with Crippen molar-refractivity contribution in [1.82, 2.24) is 4.31 Å². The van der Waals surface area contributed by atoms with Gasteiger partial charge in [0.25, 0.3) is 11.6 Å². The number of nitrogens with one attached hydrogen (secondary N) is 1. The van der Waals surface area contributed by atoms with Crippen LogP contribution in [0, 0.1) is 17.0 Å². The largest absolute Gasteiger partial charge is 0.495 e. The molecule has 1 aliphatic rings. The molecule has 10 nitrogen and oxygen atoms in total. The molecule has 2 aromatic rings. The van der Waals surface area contributed by atoms with Crippen LogP contribution in [0.5, 0.6) is 5.75 Å². The Morgan fingerprint density at radius 2 is 1.90 bits per heavy atom. The molecule has 2 aromatic carbocycles. The molecular weight excluding hydrogens is 414 g/mol. The van der Waals surface area contributed by atoms with E-state index < -0.39 is 20.9 Å². The Balaban J connectivity index is 1.94. The molecule has 0 aromatic heterocycles. The number of anilines is 1. The quantitative estimate of drug-likeness (QED) is 0.544. The second-order valence-electron chi connectivity index (χ2n) is 6.59. The first kappa shape index (κ1) is 21.7. The maximum Gasteiger partial charge on any atom is 0.271 e. The highest BCUT2D eigenvalue weighted by atomic mass is 32.2. The van der Waals surface area contributed by atoms with Gasteiger partial charge in [0, 0.05) is 30.8 Å². The first-order valence-electron chi connectivity index (χ1n) is 9.06. The summed E-state index contributed by atoms with van der Waals surface area (Å²) in [5.74, 6) is -0.482. The fourth-order valence-electron chi connectivity index (χ4n) is 3.00. The Labute approximate surface area is 173 Å². The number of carbonyl (C=O) groups is 1. The number of sulfonamides is 1. The number of non-ortho nitro benzene ring substituents is 1. The van der Waals surface area contributed by atoms with Crippen molar-refractivity contribution in [2.45, 2.75) is 11.8 Å². The lowest BCUT2D eigenvalue weighted by Crippen LogP contribution is -2.40. The number of hydrogen-bond acceptors (Lipinski definition) is 7. The molecule has 1 heterocycles. The monoisotopic (exact) mass is 435 g/mol. The Kier molecular flexibility index (Phi) is 6.34. The number of nitro groups is 1. The average molecular weight is 435 g/mol. The van der Waals surface area contributed by atoms with E-state index in [2.05, 4.69) is 5.32 Å². The lowest BCUT2D eigenvalue weighted by Gasteiger charge is -2.26. The maximum atomic E-state index is 13.1. The van der Waals surface area contributed by atoms with Crippen LogP contribution in [0.2, 0.25) is 0 Å². The van der Waals surface area contributed by atoms with Crippen LogP contribution in [0.4, 0.5) is 11.4 Å². The SMILES string of the molecule is COc1ccc(C(=O)Nc2cc([N+](=O)[O-])ccc2C)cc1S(=O)(=O)N1CCOCC1. The van der Waals surface area contributed by atoms with Crippen LogP contribution in [0.1, 0.15) is 15.9 Å². The van der Waals surface area contributed by atoms with Crippen LogP contribution in [0.15, 0.2) is 41.3 Å². The standard InChI is InChI=1S/C19H21N3O7S/c1-13-3-5-15(22(24)25)12-16(13)20-19(23)14-4-6-17(28-2)18(11-14)30(26,27)21-7-9-29-10-8-21/h3-6,11-12H,7-10H2,1-2H3,(H,20,23). The van der Waals surface area contributed by atoms with Crippen molar-refractivity contribution in [3.05, 3.63) is 57.6 Å². The van der Waals surface area contributed by atoms with Gasteiger partial charge >= 0.3 is 0 Å². The molecule has 1 fully saturated rings. The van der Waals surface area contributed by atoms with E-state index in [1.807, 2.05) is 0 Å². The van der Waals surface area contributed by atoms with Crippen molar-refractivity contribution in [2.24, 2.45) is 0 Å². The van der Waals surface area contributed by atoms with Gasteiger partial charge in [-0.2, -0.15) is 4.31 Å². The second-order valence-corrected chi connectivity index (χ2v) is 8.50. The molecule has 0 radical (unpaired) electrons. The van der Waals surface area contributed by atoms with Crippen molar-refractivity contribution < 1.29 is 27.6 Å². The minimum atomic E-state index is -3.90. The highest BCUT2D eigenvalue weighted by molar-refractivity contribution is 7.89. The minimum absolute atomic E-state index is 0.0774. The molecule has 0 saturated carbocycles. The number of aryl methyl sites for hydroxylation is 1. The summed E-state index contributed by atoms with van der Waals surface area (Å²) in [6, 6.07) is 8.19.